The Morgan fingerprint density at radius 3 is 2.66 bits per heavy atom. The van der Waals surface area contributed by atoms with Crippen LogP contribution in [0.1, 0.15) is 19.3 Å². The Morgan fingerprint density at radius 2 is 1.95 bits per heavy atom. The lowest BCUT2D eigenvalue weighted by molar-refractivity contribution is -0.0312. The number of rotatable bonds is 10. The van der Waals surface area contributed by atoms with Crippen molar-refractivity contribution < 1.29 is 35.8 Å². The zero-order valence-corrected chi connectivity index (χ0v) is 23.2. The first-order valence-electron chi connectivity index (χ1n) is 12.1. The molecule has 10 nitrogen and oxygen atoms in total. The molecule has 2 fully saturated rings. The molecule has 0 aliphatic carbocycles. The molecular formula is C24H31ClFN3O7S2. The monoisotopic (exact) mass is 591 g/mol. The molecule has 4 rings (SSSR count). The Kier molecular flexibility index (Phi) is 8.99. The molecule has 14 heteroatoms. The molecule has 1 spiro atoms. The largest absolute Gasteiger partial charge is 0.491 e. The number of sulfonamides is 2. The fourth-order valence-electron chi connectivity index (χ4n) is 4.67. The molecule has 2 aliphatic rings. The van der Waals surface area contributed by atoms with Gasteiger partial charge < -0.3 is 19.9 Å². The van der Waals surface area contributed by atoms with E-state index in [1.807, 2.05) is 0 Å². The van der Waals surface area contributed by atoms with E-state index < -0.39 is 42.5 Å². The smallest absolute Gasteiger partial charge is 0.246 e. The van der Waals surface area contributed by atoms with Crippen LogP contribution in [0, 0.1) is 5.82 Å². The predicted molar refractivity (Wildman–Crippen MR) is 139 cm³/mol. The van der Waals surface area contributed by atoms with E-state index in [2.05, 4.69) is 10.0 Å². The standard InChI is InChI=1S/C24H31ClFN3O7S2/c1-27-37(31,32)21-4-2-3-20(12-21)35-16-19(30)14-28-18-13-24(36-15-18)7-9-29(10-8-24)38(33,34)23-11-17(25)5-6-22(23)26/h2-6,11-12,18-19,27-28,30H,7-10,13-16H2,1H3/t18?,19-/m0/s1. The Hall–Kier alpha value is -1.84. The maximum absolute atomic E-state index is 14.2. The van der Waals surface area contributed by atoms with Crippen LogP contribution in [0.15, 0.2) is 52.3 Å². The zero-order chi connectivity index (χ0) is 27.6. The molecule has 210 valence electrons. The van der Waals surface area contributed by atoms with Gasteiger partial charge in [-0.1, -0.05) is 17.7 Å². The molecule has 0 radical (unpaired) electrons. The number of nitrogens with zero attached hydrogens (tertiary/aromatic N) is 1. The molecule has 0 amide bonds. The molecule has 2 aromatic rings. The van der Waals surface area contributed by atoms with E-state index in [1.54, 1.807) is 12.1 Å². The van der Waals surface area contributed by atoms with Crippen LogP contribution in [0.2, 0.25) is 5.02 Å². The van der Waals surface area contributed by atoms with Crippen LogP contribution in [0.4, 0.5) is 4.39 Å². The maximum Gasteiger partial charge on any atom is 0.246 e. The molecule has 0 aromatic heterocycles. The first kappa shape index (κ1) is 29.2. The second-order valence-corrected chi connectivity index (χ2v) is 13.7. The first-order chi connectivity index (χ1) is 17.9. The van der Waals surface area contributed by atoms with Gasteiger partial charge in [0.15, 0.2) is 0 Å². The van der Waals surface area contributed by atoms with Crippen molar-refractivity contribution in [2.24, 2.45) is 0 Å². The summed E-state index contributed by atoms with van der Waals surface area (Å²) in [5.74, 6) is -0.516. The van der Waals surface area contributed by atoms with Crippen LogP contribution in [0.25, 0.3) is 0 Å². The fourth-order valence-corrected chi connectivity index (χ4v) is 7.21. The highest BCUT2D eigenvalue weighted by molar-refractivity contribution is 7.89. The topological polar surface area (TPSA) is 134 Å². The van der Waals surface area contributed by atoms with Crippen LogP contribution in [-0.4, -0.2) is 83.9 Å². The van der Waals surface area contributed by atoms with Gasteiger partial charge in [-0.05, 0) is 56.6 Å². The third-order valence-electron chi connectivity index (χ3n) is 6.82. The Labute approximate surface area is 227 Å². The number of ether oxygens (including phenoxy) is 2. The van der Waals surface area contributed by atoms with Gasteiger partial charge in [0, 0.05) is 36.8 Å². The molecule has 1 unspecified atom stereocenters. The molecule has 2 saturated heterocycles. The molecular weight excluding hydrogens is 561 g/mol. The number of aliphatic hydroxyl groups excluding tert-OH is 1. The number of nitrogens with one attached hydrogen (secondary N) is 2. The van der Waals surface area contributed by atoms with Crippen LogP contribution in [0.5, 0.6) is 5.75 Å². The lowest BCUT2D eigenvalue weighted by Gasteiger charge is -2.38. The second-order valence-electron chi connectivity index (χ2n) is 9.43. The molecule has 2 atom stereocenters. The third kappa shape index (κ3) is 6.65. The van der Waals surface area contributed by atoms with E-state index in [0.29, 0.717) is 31.6 Å². The highest BCUT2D eigenvalue weighted by atomic mass is 35.5. The second kappa shape index (κ2) is 11.7. The number of piperidine rings is 1. The first-order valence-corrected chi connectivity index (χ1v) is 15.4. The summed E-state index contributed by atoms with van der Waals surface area (Å²) < 4.78 is 79.1. The summed E-state index contributed by atoms with van der Waals surface area (Å²) in [7, 11) is -6.30. The lowest BCUT2D eigenvalue weighted by Crippen LogP contribution is -2.47. The van der Waals surface area contributed by atoms with E-state index >= 15 is 0 Å². The Bertz CT molecular complexity index is 1350. The number of halogens is 2. The van der Waals surface area contributed by atoms with Crippen molar-refractivity contribution in [2.45, 2.75) is 46.8 Å². The minimum Gasteiger partial charge on any atom is -0.491 e. The third-order valence-corrected chi connectivity index (χ3v) is 10.4. The summed E-state index contributed by atoms with van der Waals surface area (Å²) in [6.45, 7) is 0.988. The van der Waals surface area contributed by atoms with Crippen molar-refractivity contribution in [2.75, 3.05) is 39.9 Å². The molecule has 0 bridgehead atoms. The van der Waals surface area contributed by atoms with Gasteiger partial charge in [0.05, 0.1) is 17.1 Å². The quantitative estimate of drug-likeness (QED) is 0.380. The molecule has 38 heavy (non-hydrogen) atoms. The zero-order valence-electron chi connectivity index (χ0n) is 20.8. The average molecular weight is 592 g/mol. The molecule has 2 heterocycles. The van der Waals surface area contributed by atoms with E-state index in [4.69, 9.17) is 21.1 Å². The van der Waals surface area contributed by atoms with Crippen LogP contribution >= 0.6 is 11.6 Å². The number of hydrogen-bond acceptors (Lipinski definition) is 8. The summed E-state index contributed by atoms with van der Waals surface area (Å²) in [6, 6.07) is 9.43. The molecule has 0 saturated carbocycles. The number of hydrogen-bond donors (Lipinski definition) is 3. The van der Waals surface area contributed by atoms with Crippen molar-refractivity contribution in [1.82, 2.24) is 14.3 Å². The van der Waals surface area contributed by atoms with Crippen LogP contribution < -0.4 is 14.8 Å². The Balaban J connectivity index is 1.24. The van der Waals surface area contributed by atoms with Gasteiger partial charge in [-0.15, -0.1) is 0 Å². The minimum atomic E-state index is -4.02. The lowest BCUT2D eigenvalue weighted by atomic mass is 9.88. The van der Waals surface area contributed by atoms with Gasteiger partial charge in [0.1, 0.15) is 29.2 Å². The molecule has 2 aromatic carbocycles. The van der Waals surface area contributed by atoms with Gasteiger partial charge in [0.25, 0.3) is 0 Å². The highest BCUT2D eigenvalue weighted by Gasteiger charge is 2.45. The van der Waals surface area contributed by atoms with Crippen LogP contribution in [-0.2, 0) is 24.8 Å². The molecule has 3 N–H and O–H groups in total. The Morgan fingerprint density at radius 1 is 1.21 bits per heavy atom. The van der Waals surface area contributed by atoms with Crippen molar-refractivity contribution in [3.05, 3.63) is 53.3 Å². The van der Waals surface area contributed by atoms with Gasteiger partial charge >= 0.3 is 0 Å². The average Bonchev–Trinajstić information content (AvgIpc) is 3.30. The summed E-state index contributed by atoms with van der Waals surface area (Å²) in [6.07, 6.45) is 0.716. The maximum atomic E-state index is 14.2. The van der Waals surface area contributed by atoms with E-state index in [9.17, 15) is 26.3 Å². The van der Waals surface area contributed by atoms with Crippen LogP contribution in [0.3, 0.4) is 0 Å². The molecule has 2 aliphatic heterocycles. The highest BCUT2D eigenvalue weighted by Crippen LogP contribution is 2.37. The summed E-state index contributed by atoms with van der Waals surface area (Å²) in [5, 5.41) is 13.8. The fraction of sp³-hybridized carbons (Fsp3) is 0.500. The van der Waals surface area contributed by atoms with E-state index in [1.165, 1.54) is 29.6 Å². The van der Waals surface area contributed by atoms with Gasteiger partial charge in [-0.25, -0.2) is 25.9 Å². The van der Waals surface area contributed by atoms with Gasteiger partial charge in [-0.3, -0.25) is 0 Å². The van der Waals surface area contributed by atoms with Crippen molar-refractivity contribution in [1.29, 1.82) is 0 Å². The van der Waals surface area contributed by atoms with E-state index in [0.717, 1.165) is 12.1 Å². The normalized spacial score (nSPS) is 21.0. The summed E-state index contributed by atoms with van der Waals surface area (Å²) in [4.78, 5) is -0.366. The number of benzene rings is 2. The van der Waals surface area contributed by atoms with E-state index in [-0.39, 0.29) is 42.2 Å². The van der Waals surface area contributed by atoms with Crippen molar-refractivity contribution >= 4 is 31.6 Å². The van der Waals surface area contributed by atoms with Crippen molar-refractivity contribution in [3.8, 4) is 5.75 Å². The SMILES string of the molecule is CNS(=O)(=O)c1cccc(OC[C@@H](O)CNC2COC3(CCN(S(=O)(=O)c4cc(Cl)ccc4F)CC3)C2)c1. The summed E-state index contributed by atoms with van der Waals surface area (Å²) in [5.41, 5.74) is -0.489. The van der Waals surface area contributed by atoms with Gasteiger partial charge in [-0.2, -0.15) is 4.31 Å². The van der Waals surface area contributed by atoms with Gasteiger partial charge in [0.2, 0.25) is 20.0 Å². The predicted octanol–water partition coefficient (Wildman–Crippen LogP) is 1.73. The summed E-state index contributed by atoms with van der Waals surface area (Å²) >= 11 is 5.88. The minimum absolute atomic E-state index is 0.0396. The number of aliphatic hydroxyl groups is 1. The van der Waals surface area contributed by atoms with Crippen molar-refractivity contribution in [3.63, 3.8) is 0 Å².